The zero-order valence-corrected chi connectivity index (χ0v) is 8.61. The Balaban J connectivity index is 1.86. The number of hydrogen-bond acceptors (Lipinski definition) is 1. The average molecular weight is 190 g/mol. The molecular formula is C13H18O. The first-order chi connectivity index (χ1) is 6.88. The summed E-state index contributed by atoms with van der Waals surface area (Å²) in [7, 11) is 0. The number of carbonyl (C=O) groups is 1. The summed E-state index contributed by atoms with van der Waals surface area (Å²) in [6.45, 7) is 0. The van der Waals surface area contributed by atoms with Crippen molar-refractivity contribution in [3.8, 4) is 0 Å². The molecule has 0 radical (unpaired) electrons. The van der Waals surface area contributed by atoms with Crippen molar-refractivity contribution in [2.45, 2.75) is 38.5 Å². The molecule has 0 heterocycles. The second-order valence-electron chi connectivity index (χ2n) is 5.16. The van der Waals surface area contributed by atoms with Crippen LogP contribution in [0.5, 0.6) is 0 Å². The largest absolute Gasteiger partial charge is 0.298 e. The molecule has 76 valence electrons. The van der Waals surface area contributed by atoms with E-state index in [-0.39, 0.29) is 0 Å². The first-order valence-electron chi connectivity index (χ1n) is 6.10. The van der Waals surface area contributed by atoms with Crippen LogP contribution in [-0.2, 0) is 4.79 Å². The average Bonchev–Trinajstić information content (AvgIpc) is 2.59. The van der Waals surface area contributed by atoms with Crippen LogP contribution in [0.2, 0.25) is 0 Å². The van der Waals surface area contributed by atoms with Crippen molar-refractivity contribution < 1.29 is 4.79 Å². The maximum Gasteiger partial charge on any atom is 0.147 e. The molecule has 2 saturated carbocycles. The molecule has 0 N–H and O–H groups in total. The number of Topliss-reactive ketones (excluding diaryl/α,β-unsaturated/α-hetero) is 1. The van der Waals surface area contributed by atoms with Crippen LogP contribution in [0.15, 0.2) is 12.2 Å². The van der Waals surface area contributed by atoms with Gasteiger partial charge >= 0.3 is 0 Å². The van der Waals surface area contributed by atoms with Gasteiger partial charge in [-0.1, -0.05) is 37.8 Å². The van der Waals surface area contributed by atoms with E-state index < -0.39 is 0 Å². The highest BCUT2D eigenvalue weighted by atomic mass is 16.1. The van der Waals surface area contributed by atoms with Gasteiger partial charge in [0.15, 0.2) is 0 Å². The number of ketones is 1. The van der Waals surface area contributed by atoms with Gasteiger partial charge in [-0.05, 0) is 24.7 Å². The second-order valence-corrected chi connectivity index (χ2v) is 5.16. The summed E-state index contributed by atoms with van der Waals surface area (Å²) in [5.41, 5.74) is 0. The second kappa shape index (κ2) is 3.22. The van der Waals surface area contributed by atoms with E-state index in [1.54, 1.807) is 0 Å². The Bertz CT molecular complexity index is 253. The fraction of sp³-hybridized carbons (Fsp3) is 0.769. The molecule has 3 aliphatic rings. The number of fused-ring (bicyclic) bond motifs is 5. The lowest BCUT2D eigenvalue weighted by molar-refractivity contribution is -0.121. The molecule has 0 saturated heterocycles. The van der Waals surface area contributed by atoms with Gasteiger partial charge in [0.2, 0.25) is 0 Å². The summed E-state index contributed by atoms with van der Waals surface area (Å²) >= 11 is 0. The van der Waals surface area contributed by atoms with Gasteiger partial charge in [0.05, 0.1) is 0 Å². The van der Waals surface area contributed by atoms with Gasteiger partial charge in [-0.3, -0.25) is 4.79 Å². The van der Waals surface area contributed by atoms with Crippen LogP contribution in [0.1, 0.15) is 38.5 Å². The highest BCUT2D eigenvalue weighted by Crippen LogP contribution is 2.50. The van der Waals surface area contributed by atoms with Crippen LogP contribution in [0.3, 0.4) is 0 Å². The van der Waals surface area contributed by atoms with E-state index in [9.17, 15) is 4.79 Å². The van der Waals surface area contributed by atoms with Crippen molar-refractivity contribution in [2.24, 2.45) is 23.7 Å². The summed E-state index contributed by atoms with van der Waals surface area (Å²) in [5.74, 6) is 2.63. The topological polar surface area (TPSA) is 17.1 Å². The summed E-state index contributed by atoms with van der Waals surface area (Å²) in [6.07, 6.45) is 12.5. The Labute approximate surface area is 85.6 Å². The van der Waals surface area contributed by atoms with E-state index in [2.05, 4.69) is 12.2 Å². The minimum atomic E-state index is 0.322. The molecule has 0 aromatic heterocycles. The smallest absolute Gasteiger partial charge is 0.147 e. The molecule has 0 spiro atoms. The normalized spacial score (nSPS) is 46.1. The minimum Gasteiger partial charge on any atom is -0.298 e. The molecule has 2 fully saturated rings. The molecule has 3 rings (SSSR count). The molecule has 1 nitrogen and oxygen atoms in total. The molecule has 0 amide bonds. The molecule has 14 heavy (non-hydrogen) atoms. The maximum absolute atomic E-state index is 11.9. The summed E-state index contributed by atoms with van der Waals surface area (Å²) in [6, 6.07) is 0. The van der Waals surface area contributed by atoms with Crippen molar-refractivity contribution in [3.05, 3.63) is 12.2 Å². The number of allylic oxidation sites excluding steroid dienone is 2. The molecule has 3 aliphatic carbocycles. The van der Waals surface area contributed by atoms with E-state index in [4.69, 9.17) is 0 Å². The van der Waals surface area contributed by atoms with Gasteiger partial charge in [-0.15, -0.1) is 0 Å². The summed E-state index contributed by atoms with van der Waals surface area (Å²) in [4.78, 5) is 11.9. The Morgan fingerprint density at radius 1 is 0.857 bits per heavy atom. The Hall–Kier alpha value is -0.590. The molecule has 4 unspecified atom stereocenters. The third-order valence-corrected chi connectivity index (χ3v) is 4.48. The molecule has 1 heteroatoms. The lowest BCUT2D eigenvalue weighted by Gasteiger charge is -2.28. The Morgan fingerprint density at radius 2 is 1.36 bits per heavy atom. The van der Waals surface area contributed by atoms with Crippen LogP contribution in [0.4, 0.5) is 0 Å². The highest BCUT2D eigenvalue weighted by molar-refractivity contribution is 5.92. The van der Waals surface area contributed by atoms with E-state index in [0.717, 1.165) is 11.8 Å². The third-order valence-electron chi connectivity index (χ3n) is 4.48. The number of rotatable bonds is 0. The van der Waals surface area contributed by atoms with Crippen molar-refractivity contribution in [3.63, 3.8) is 0 Å². The van der Waals surface area contributed by atoms with Gasteiger partial charge < -0.3 is 0 Å². The SMILES string of the molecule is O=C1C2C=CC1C1CCCCCCC21. The van der Waals surface area contributed by atoms with Crippen molar-refractivity contribution in [1.82, 2.24) is 0 Å². The molecule has 0 aliphatic heterocycles. The van der Waals surface area contributed by atoms with Gasteiger partial charge in [-0.2, -0.15) is 0 Å². The van der Waals surface area contributed by atoms with E-state index in [1.165, 1.54) is 38.5 Å². The van der Waals surface area contributed by atoms with Crippen LogP contribution >= 0.6 is 0 Å². The van der Waals surface area contributed by atoms with Crippen LogP contribution in [0, 0.1) is 23.7 Å². The minimum absolute atomic E-state index is 0.322. The fourth-order valence-corrected chi connectivity index (χ4v) is 3.79. The van der Waals surface area contributed by atoms with Gasteiger partial charge in [0.1, 0.15) is 5.78 Å². The van der Waals surface area contributed by atoms with Gasteiger partial charge in [0.25, 0.3) is 0 Å². The lowest BCUT2D eigenvalue weighted by atomic mass is 9.76. The first kappa shape index (κ1) is 8.70. The van der Waals surface area contributed by atoms with Crippen molar-refractivity contribution >= 4 is 5.78 Å². The van der Waals surface area contributed by atoms with E-state index >= 15 is 0 Å². The molecule has 0 aromatic rings. The monoisotopic (exact) mass is 190 g/mol. The zero-order valence-electron chi connectivity index (χ0n) is 8.61. The number of hydrogen-bond donors (Lipinski definition) is 0. The predicted molar refractivity (Wildman–Crippen MR) is 55.8 cm³/mol. The predicted octanol–water partition coefficient (Wildman–Crippen LogP) is 2.96. The number of carbonyl (C=O) groups excluding carboxylic acids is 1. The molecule has 2 bridgehead atoms. The lowest BCUT2D eigenvalue weighted by Crippen LogP contribution is -2.20. The fourth-order valence-electron chi connectivity index (χ4n) is 3.79. The Kier molecular flexibility index (Phi) is 2.00. The van der Waals surface area contributed by atoms with E-state index in [0.29, 0.717) is 17.6 Å². The van der Waals surface area contributed by atoms with Crippen molar-refractivity contribution in [2.75, 3.05) is 0 Å². The molecule has 4 atom stereocenters. The van der Waals surface area contributed by atoms with Gasteiger partial charge in [-0.25, -0.2) is 0 Å². The summed E-state index contributed by atoms with van der Waals surface area (Å²) < 4.78 is 0. The quantitative estimate of drug-likeness (QED) is 0.537. The van der Waals surface area contributed by atoms with Gasteiger partial charge in [0, 0.05) is 11.8 Å². The standard InChI is InChI=1S/C13H18O/c14-13-11-7-8-12(13)10-6-4-2-1-3-5-9(10)11/h7-12H,1-6H2. The molecule has 0 aromatic carbocycles. The summed E-state index contributed by atoms with van der Waals surface area (Å²) in [5, 5.41) is 0. The zero-order chi connectivity index (χ0) is 9.54. The van der Waals surface area contributed by atoms with Crippen molar-refractivity contribution in [1.29, 1.82) is 0 Å². The third kappa shape index (κ3) is 1.11. The maximum atomic E-state index is 11.9. The highest BCUT2D eigenvalue weighted by Gasteiger charge is 2.50. The molecular weight excluding hydrogens is 172 g/mol. The van der Waals surface area contributed by atoms with Crippen LogP contribution in [-0.4, -0.2) is 5.78 Å². The van der Waals surface area contributed by atoms with Crippen LogP contribution < -0.4 is 0 Å². The van der Waals surface area contributed by atoms with Crippen LogP contribution in [0.25, 0.3) is 0 Å². The Morgan fingerprint density at radius 3 is 1.86 bits per heavy atom. The first-order valence-corrected chi connectivity index (χ1v) is 6.10. The van der Waals surface area contributed by atoms with E-state index in [1.807, 2.05) is 0 Å².